The molecule has 0 amide bonds. The molecule has 94 valence electrons. The zero-order valence-electron chi connectivity index (χ0n) is 10.2. The molecule has 0 aliphatic carbocycles. The van der Waals surface area contributed by atoms with Gasteiger partial charge in [0.2, 0.25) is 0 Å². The molecule has 0 unspecified atom stereocenters. The van der Waals surface area contributed by atoms with Crippen molar-refractivity contribution in [2.45, 2.75) is 6.04 Å². The summed E-state index contributed by atoms with van der Waals surface area (Å²) in [6, 6.07) is 7.95. The molecule has 1 aliphatic rings. The van der Waals surface area contributed by atoms with Gasteiger partial charge in [-0.3, -0.25) is 4.68 Å². The van der Waals surface area contributed by atoms with E-state index in [1.54, 1.807) is 13.3 Å². The molecule has 2 aromatic rings. The van der Waals surface area contributed by atoms with Crippen molar-refractivity contribution >= 4 is 0 Å². The van der Waals surface area contributed by atoms with E-state index < -0.39 is 0 Å². The van der Waals surface area contributed by atoms with E-state index >= 15 is 0 Å². The number of benzene rings is 1. The average molecular weight is 245 g/mol. The van der Waals surface area contributed by atoms with Crippen LogP contribution in [-0.4, -0.2) is 30.0 Å². The van der Waals surface area contributed by atoms with Gasteiger partial charge in [0.15, 0.2) is 5.75 Å². The van der Waals surface area contributed by atoms with Gasteiger partial charge in [-0.15, -0.1) is 0 Å². The van der Waals surface area contributed by atoms with Gasteiger partial charge in [0.05, 0.1) is 25.5 Å². The fourth-order valence-corrected chi connectivity index (χ4v) is 1.81. The van der Waals surface area contributed by atoms with Crippen molar-refractivity contribution in [3.8, 4) is 17.2 Å². The Labute approximate surface area is 105 Å². The Morgan fingerprint density at radius 3 is 2.50 bits per heavy atom. The van der Waals surface area contributed by atoms with E-state index in [-0.39, 0.29) is 0 Å². The van der Waals surface area contributed by atoms with Crippen LogP contribution in [0.3, 0.4) is 0 Å². The molecule has 5 nitrogen and oxygen atoms in total. The molecule has 2 heterocycles. The normalized spacial score (nSPS) is 15.2. The van der Waals surface area contributed by atoms with Gasteiger partial charge >= 0.3 is 0 Å². The first kappa shape index (κ1) is 11.1. The third kappa shape index (κ3) is 2.17. The third-order valence-corrected chi connectivity index (χ3v) is 3.01. The maximum absolute atomic E-state index is 5.72. The zero-order valence-corrected chi connectivity index (χ0v) is 10.2. The lowest BCUT2D eigenvalue weighted by Gasteiger charge is -2.26. The lowest BCUT2D eigenvalue weighted by atomic mass is 10.2. The van der Waals surface area contributed by atoms with E-state index in [9.17, 15) is 0 Å². The van der Waals surface area contributed by atoms with Crippen LogP contribution in [0.2, 0.25) is 0 Å². The maximum Gasteiger partial charge on any atom is 0.165 e. The predicted molar refractivity (Wildman–Crippen MR) is 67.2 cm³/mol. The Morgan fingerprint density at radius 2 is 1.89 bits per heavy atom. The van der Waals surface area contributed by atoms with Crippen LogP contribution in [0.5, 0.6) is 17.2 Å². The van der Waals surface area contributed by atoms with Crippen LogP contribution in [0.15, 0.2) is 36.7 Å². The second-order valence-corrected chi connectivity index (χ2v) is 4.25. The van der Waals surface area contributed by atoms with Crippen molar-refractivity contribution in [3.05, 3.63) is 36.7 Å². The molecule has 1 fully saturated rings. The predicted octanol–water partition coefficient (Wildman–Crippen LogP) is 1.83. The summed E-state index contributed by atoms with van der Waals surface area (Å²) >= 11 is 0. The molecule has 1 aromatic heterocycles. The number of nitrogens with one attached hydrogen (secondary N) is 1. The van der Waals surface area contributed by atoms with Crippen LogP contribution < -0.4 is 14.8 Å². The highest BCUT2D eigenvalue weighted by atomic mass is 16.5. The minimum absolute atomic E-state index is 0.457. The van der Waals surface area contributed by atoms with Crippen molar-refractivity contribution in [1.29, 1.82) is 0 Å². The fourth-order valence-electron chi connectivity index (χ4n) is 1.81. The van der Waals surface area contributed by atoms with Gasteiger partial charge in [-0.2, -0.15) is 5.10 Å². The molecule has 1 aliphatic heterocycles. The first-order valence-electron chi connectivity index (χ1n) is 5.92. The molecule has 1 N–H and O–H groups in total. The molecule has 0 spiro atoms. The highest BCUT2D eigenvalue weighted by Gasteiger charge is 2.19. The number of methoxy groups -OCH3 is 1. The van der Waals surface area contributed by atoms with Gasteiger partial charge in [0.1, 0.15) is 11.5 Å². The lowest BCUT2D eigenvalue weighted by molar-refractivity contribution is 0.317. The zero-order chi connectivity index (χ0) is 12.4. The molecule has 1 saturated heterocycles. The Bertz CT molecular complexity index is 517. The van der Waals surface area contributed by atoms with Crippen molar-refractivity contribution in [2.75, 3.05) is 20.2 Å². The topological polar surface area (TPSA) is 48.3 Å². The molecule has 1 aromatic carbocycles. The molecule has 3 rings (SSSR count). The Kier molecular flexibility index (Phi) is 2.90. The minimum Gasteiger partial charge on any atom is -0.497 e. The van der Waals surface area contributed by atoms with E-state index in [1.165, 1.54) is 0 Å². The smallest absolute Gasteiger partial charge is 0.165 e. The summed E-state index contributed by atoms with van der Waals surface area (Å²) in [6.07, 6.45) is 3.66. The van der Waals surface area contributed by atoms with Gasteiger partial charge < -0.3 is 14.8 Å². The van der Waals surface area contributed by atoms with Crippen LogP contribution in [0.1, 0.15) is 6.04 Å². The summed E-state index contributed by atoms with van der Waals surface area (Å²) in [5.41, 5.74) is 0. The van der Waals surface area contributed by atoms with Gasteiger partial charge in [0.25, 0.3) is 0 Å². The summed E-state index contributed by atoms with van der Waals surface area (Å²) in [5, 5.41) is 7.51. The second-order valence-electron chi connectivity index (χ2n) is 4.25. The van der Waals surface area contributed by atoms with E-state index in [1.807, 2.05) is 35.1 Å². The van der Waals surface area contributed by atoms with E-state index in [0.717, 1.165) is 30.3 Å². The van der Waals surface area contributed by atoms with Crippen molar-refractivity contribution in [2.24, 2.45) is 0 Å². The highest BCUT2D eigenvalue weighted by molar-refractivity contribution is 5.34. The lowest BCUT2D eigenvalue weighted by Crippen LogP contribution is -2.43. The van der Waals surface area contributed by atoms with Crippen LogP contribution >= 0.6 is 0 Å². The average Bonchev–Trinajstić information content (AvgIpc) is 2.76. The van der Waals surface area contributed by atoms with E-state index in [2.05, 4.69) is 10.4 Å². The summed E-state index contributed by atoms with van der Waals surface area (Å²) in [7, 11) is 1.65. The first-order valence-corrected chi connectivity index (χ1v) is 5.92. The molecule has 0 bridgehead atoms. The Morgan fingerprint density at radius 1 is 1.17 bits per heavy atom. The molecule has 18 heavy (non-hydrogen) atoms. The summed E-state index contributed by atoms with van der Waals surface area (Å²) in [4.78, 5) is 0. The van der Waals surface area contributed by atoms with Gasteiger partial charge in [-0.1, -0.05) is 0 Å². The Balaban J connectivity index is 1.69. The molecule has 5 heteroatoms. The van der Waals surface area contributed by atoms with Crippen molar-refractivity contribution < 1.29 is 9.47 Å². The number of hydrogen-bond acceptors (Lipinski definition) is 4. The molecule has 0 saturated carbocycles. The molecule has 0 radical (unpaired) electrons. The van der Waals surface area contributed by atoms with Crippen LogP contribution in [0.25, 0.3) is 0 Å². The first-order chi connectivity index (χ1) is 8.85. The van der Waals surface area contributed by atoms with E-state index in [4.69, 9.17) is 9.47 Å². The monoisotopic (exact) mass is 245 g/mol. The second kappa shape index (κ2) is 4.70. The van der Waals surface area contributed by atoms with Gasteiger partial charge in [0, 0.05) is 13.1 Å². The van der Waals surface area contributed by atoms with Crippen molar-refractivity contribution in [3.63, 3.8) is 0 Å². The summed E-state index contributed by atoms with van der Waals surface area (Å²) in [6.45, 7) is 1.95. The Hall–Kier alpha value is -2.01. The summed E-state index contributed by atoms with van der Waals surface area (Å²) < 4.78 is 12.8. The van der Waals surface area contributed by atoms with Crippen molar-refractivity contribution in [1.82, 2.24) is 15.1 Å². The number of hydrogen-bond donors (Lipinski definition) is 1. The fraction of sp³-hybridized carbons (Fsp3) is 0.308. The third-order valence-electron chi connectivity index (χ3n) is 3.01. The number of ether oxygens (including phenoxy) is 2. The van der Waals surface area contributed by atoms with Gasteiger partial charge in [-0.05, 0) is 24.3 Å². The highest BCUT2D eigenvalue weighted by Crippen LogP contribution is 2.24. The minimum atomic E-state index is 0.457. The number of aromatic nitrogens is 2. The van der Waals surface area contributed by atoms with E-state index in [0.29, 0.717) is 6.04 Å². The molecular formula is C13H15N3O2. The van der Waals surface area contributed by atoms with Crippen LogP contribution in [-0.2, 0) is 0 Å². The van der Waals surface area contributed by atoms with Crippen LogP contribution in [0, 0.1) is 0 Å². The maximum atomic E-state index is 5.72. The summed E-state index contributed by atoms with van der Waals surface area (Å²) in [5.74, 6) is 2.35. The number of rotatable bonds is 4. The van der Waals surface area contributed by atoms with Crippen LogP contribution in [0.4, 0.5) is 0 Å². The largest absolute Gasteiger partial charge is 0.497 e. The standard InChI is InChI=1S/C13H15N3O2/c1-17-11-2-4-12(5-3-11)18-13-8-15-16(9-13)10-6-14-7-10/h2-5,8-10,14H,6-7H2,1H3. The van der Waals surface area contributed by atoms with Gasteiger partial charge in [-0.25, -0.2) is 0 Å². The molecular weight excluding hydrogens is 230 g/mol. The number of nitrogens with zero attached hydrogens (tertiary/aromatic N) is 2. The molecule has 0 atom stereocenters. The SMILES string of the molecule is COc1ccc(Oc2cnn(C3CNC3)c2)cc1. The quantitative estimate of drug-likeness (QED) is 0.892.